The number of nitrogens with two attached hydrogens (primary N) is 1. The molecule has 1 aliphatic rings. The molecule has 1 saturated carbocycles. The van der Waals surface area contributed by atoms with Crippen LogP contribution in [-0.2, 0) is 13.0 Å². The molecule has 0 aromatic carbocycles. The molecule has 0 unspecified atom stereocenters. The van der Waals surface area contributed by atoms with Crippen LogP contribution < -0.4 is 5.73 Å². The molecule has 0 radical (unpaired) electrons. The quantitative estimate of drug-likeness (QED) is 0.900. The van der Waals surface area contributed by atoms with Gasteiger partial charge in [0.2, 0.25) is 0 Å². The molecule has 1 aliphatic carbocycles. The van der Waals surface area contributed by atoms with E-state index in [9.17, 15) is 0 Å². The lowest BCUT2D eigenvalue weighted by atomic mass is 9.65. The average molecular weight is 278 g/mol. The number of aromatic nitrogens is 3. The fourth-order valence-electron chi connectivity index (χ4n) is 3.44. The Kier molecular flexibility index (Phi) is 4.52. The molecule has 0 aliphatic heterocycles. The number of hydrogen-bond acceptors (Lipinski definition) is 3. The Morgan fingerprint density at radius 1 is 1.35 bits per heavy atom. The minimum Gasteiger partial charge on any atom is -0.325 e. The number of rotatable bonds is 5. The zero-order valence-corrected chi connectivity index (χ0v) is 13.5. The summed E-state index contributed by atoms with van der Waals surface area (Å²) in [6.07, 6.45) is 8.47. The van der Waals surface area contributed by atoms with Crippen molar-refractivity contribution >= 4 is 0 Å². The summed E-state index contributed by atoms with van der Waals surface area (Å²) in [7, 11) is 0. The fraction of sp³-hybridized carbons (Fsp3) is 0.875. The molecule has 0 bridgehead atoms. The van der Waals surface area contributed by atoms with Crippen LogP contribution in [0.4, 0.5) is 0 Å². The second-order valence-corrected chi connectivity index (χ2v) is 7.15. The van der Waals surface area contributed by atoms with Crippen molar-refractivity contribution in [3.63, 3.8) is 0 Å². The van der Waals surface area contributed by atoms with Crippen molar-refractivity contribution in [1.82, 2.24) is 14.8 Å². The second-order valence-electron chi connectivity index (χ2n) is 7.15. The molecular weight excluding hydrogens is 248 g/mol. The first-order valence-electron chi connectivity index (χ1n) is 8.06. The lowest BCUT2D eigenvalue weighted by molar-refractivity contribution is 0.114. The highest BCUT2D eigenvalue weighted by atomic mass is 15.3. The highest BCUT2D eigenvalue weighted by Crippen LogP contribution is 2.43. The van der Waals surface area contributed by atoms with Crippen molar-refractivity contribution in [1.29, 1.82) is 0 Å². The van der Waals surface area contributed by atoms with Gasteiger partial charge in [-0.05, 0) is 43.9 Å². The van der Waals surface area contributed by atoms with Gasteiger partial charge in [-0.15, -0.1) is 0 Å². The van der Waals surface area contributed by atoms with Crippen LogP contribution in [0.25, 0.3) is 0 Å². The first-order valence-corrected chi connectivity index (χ1v) is 8.06. The SMILES string of the molecule is CCn1ncnc1CC1(N)CCC(C(C)(C)CC)CC1. The van der Waals surface area contributed by atoms with E-state index in [1.54, 1.807) is 6.33 Å². The minimum absolute atomic E-state index is 0.0831. The fourth-order valence-corrected chi connectivity index (χ4v) is 3.44. The van der Waals surface area contributed by atoms with Crippen LogP contribution in [0.3, 0.4) is 0 Å². The monoisotopic (exact) mass is 278 g/mol. The van der Waals surface area contributed by atoms with Gasteiger partial charge in [-0.2, -0.15) is 5.10 Å². The first kappa shape index (κ1) is 15.5. The zero-order valence-electron chi connectivity index (χ0n) is 13.5. The Labute approximate surface area is 123 Å². The summed E-state index contributed by atoms with van der Waals surface area (Å²) in [6.45, 7) is 10.1. The van der Waals surface area contributed by atoms with Crippen LogP contribution in [0.15, 0.2) is 6.33 Å². The lowest BCUT2D eigenvalue weighted by Gasteiger charge is -2.43. The standard InChI is InChI=1S/C16H30N4/c1-5-15(3,4)13-7-9-16(17,10-8-13)11-14-18-12-19-20(14)6-2/h12-13H,5-11,17H2,1-4H3. The summed E-state index contributed by atoms with van der Waals surface area (Å²) >= 11 is 0. The summed E-state index contributed by atoms with van der Waals surface area (Å²) in [6, 6.07) is 0. The van der Waals surface area contributed by atoms with Gasteiger partial charge < -0.3 is 5.73 Å². The maximum atomic E-state index is 6.64. The minimum atomic E-state index is -0.0831. The molecule has 1 fully saturated rings. The maximum absolute atomic E-state index is 6.64. The van der Waals surface area contributed by atoms with Gasteiger partial charge in [0.05, 0.1) is 0 Å². The molecule has 2 N–H and O–H groups in total. The Bertz CT molecular complexity index is 427. The molecule has 0 saturated heterocycles. The first-order chi connectivity index (χ1) is 9.40. The lowest BCUT2D eigenvalue weighted by Crippen LogP contribution is -2.47. The summed E-state index contributed by atoms with van der Waals surface area (Å²) in [4.78, 5) is 4.38. The van der Waals surface area contributed by atoms with E-state index in [-0.39, 0.29) is 5.54 Å². The summed E-state index contributed by atoms with van der Waals surface area (Å²) in [5.74, 6) is 1.86. The van der Waals surface area contributed by atoms with Crippen molar-refractivity contribution in [2.45, 2.75) is 78.3 Å². The van der Waals surface area contributed by atoms with E-state index in [4.69, 9.17) is 5.73 Å². The third kappa shape index (κ3) is 3.22. The van der Waals surface area contributed by atoms with Crippen molar-refractivity contribution in [3.8, 4) is 0 Å². The maximum Gasteiger partial charge on any atom is 0.138 e. The number of hydrogen-bond donors (Lipinski definition) is 1. The third-order valence-corrected chi connectivity index (χ3v) is 5.50. The molecular formula is C16H30N4. The van der Waals surface area contributed by atoms with Crippen molar-refractivity contribution < 1.29 is 0 Å². The number of aryl methyl sites for hydroxylation is 1. The second kappa shape index (κ2) is 5.84. The van der Waals surface area contributed by atoms with Crippen LogP contribution in [0, 0.1) is 11.3 Å². The van der Waals surface area contributed by atoms with Crippen molar-refractivity contribution in [2.75, 3.05) is 0 Å². The molecule has 4 heteroatoms. The predicted octanol–water partition coefficient (Wildman–Crippen LogP) is 3.16. The summed E-state index contributed by atoms with van der Waals surface area (Å²) in [5.41, 5.74) is 7.01. The van der Waals surface area contributed by atoms with Gasteiger partial charge in [0.1, 0.15) is 12.2 Å². The van der Waals surface area contributed by atoms with Gasteiger partial charge in [-0.3, -0.25) is 4.68 Å². The molecule has 1 aromatic heterocycles. The van der Waals surface area contributed by atoms with Crippen LogP contribution in [0.1, 0.15) is 65.6 Å². The van der Waals surface area contributed by atoms with E-state index in [1.165, 1.54) is 19.3 Å². The molecule has 0 amide bonds. The molecule has 2 rings (SSSR count). The van der Waals surface area contributed by atoms with Crippen molar-refractivity contribution in [3.05, 3.63) is 12.2 Å². The zero-order chi connectivity index (χ0) is 14.8. The molecule has 1 heterocycles. The Hall–Kier alpha value is -0.900. The van der Waals surface area contributed by atoms with E-state index in [0.717, 1.165) is 37.5 Å². The van der Waals surface area contributed by atoms with Gasteiger partial charge in [-0.25, -0.2) is 4.98 Å². The van der Waals surface area contributed by atoms with E-state index in [0.29, 0.717) is 5.41 Å². The average Bonchev–Trinajstić information content (AvgIpc) is 2.85. The van der Waals surface area contributed by atoms with Crippen LogP contribution in [-0.4, -0.2) is 20.3 Å². The predicted molar refractivity (Wildman–Crippen MR) is 82.3 cm³/mol. The third-order valence-electron chi connectivity index (χ3n) is 5.50. The molecule has 0 spiro atoms. The molecule has 1 aromatic rings. The van der Waals surface area contributed by atoms with Gasteiger partial charge in [0.15, 0.2) is 0 Å². The molecule has 4 nitrogen and oxygen atoms in total. The topological polar surface area (TPSA) is 56.7 Å². The Balaban J connectivity index is 1.98. The van der Waals surface area contributed by atoms with Crippen LogP contribution >= 0.6 is 0 Å². The molecule has 20 heavy (non-hydrogen) atoms. The highest BCUT2D eigenvalue weighted by Gasteiger charge is 2.38. The summed E-state index contributed by atoms with van der Waals surface area (Å²) < 4.78 is 1.97. The van der Waals surface area contributed by atoms with E-state index in [1.807, 2.05) is 4.68 Å². The van der Waals surface area contributed by atoms with E-state index < -0.39 is 0 Å². The van der Waals surface area contributed by atoms with E-state index >= 15 is 0 Å². The smallest absolute Gasteiger partial charge is 0.138 e. The van der Waals surface area contributed by atoms with Gasteiger partial charge >= 0.3 is 0 Å². The highest BCUT2D eigenvalue weighted by molar-refractivity contribution is 5.01. The largest absolute Gasteiger partial charge is 0.325 e. The van der Waals surface area contributed by atoms with Gasteiger partial charge in [-0.1, -0.05) is 27.2 Å². The van der Waals surface area contributed by atoms with Gasteiger partial charge in [0.25, 0.3) is 0 Å². The summed E-state index contributed by atoms with van der Waals surface area (Å²) in [5, 5.41) is 4.25. The van der Waals surface area contributed by atoms with Gasteiger partial charge in [0, 0.05) is 18.5 Å². The molecule has 0 atom stereocenters. The number of nitrogens with zero attached hydrogens (tertiary/aromatic N) is 3. The molecule has 114 valence electrons. The normalized spacial score (nSPS) is 27.8. The van der Waals surface area contributed by atoms with Crippen LogP contribution in [0.5, 0.6) is 0 Å². The van der Waals surface area contributed by atoms with Crippen LogP contribution in [0.2, 0.25) is 0 Å². The Morgan fingerprint density at radius 2 is 2.00 bits per heavy atom. The van der Waals surface area contributed by atoms with E-state index in [2.05, 4.69) is 37.8 Å². The Morgan fingerprint density at radius 3 is 2.55 bits per heavy atom. The van der Waals surface area contributed by atoms with Crippen molar-refractivity contribution in [2.24, 2.45) is 17.1 Å².